The van der Waals surface area contributed by atoms with Crippen LogP contribution in [0.15, 0.2) is 12.2 Å². The monoisotopic (exact) mass is 232 g/mol. The maximum Gasteiger partial charge on any atom is 0.154 e. The average molecular weight is 232 g/mol. The van der Waals surface area contributed by atoms with Gasteiger partial charge in [-0.15, -0.1) is 0 Å². The van der Waals surface area contributed by atoms with E-state index in [4.69, 9.17) is 0 Å². The Balaban J connectivity index is 2.06. The van der Waals surface area contributed by atoms with Crippen molar-refractivity contribution in [3.8, 4) is 0 Å². The number of Topliss-reactive ketones (excluding diaryl/α,β-unsaturated/α-hetero) is 3. The van der Waals surface area contributed by atoms with Gasteiger partial charge in [-0.1, -0.05) is 12.2 Å². The van der Waals surface area contributed by atoms with Crippen molar-refractivity contribution in [3.05, 3.63) is 12.2 Å². The Labute approximate surface area is 100 Å². The van der Waals surface area contributed by atoms with Crippen molar-refractivity contribution in [1.29, 1.82) is 0 Å². The number of ketones is 3. The van der Waals surface area contributed by atoms with Crippen LogP contribution in [0, 0.1) is 35.5 Å². The molecule has 2 bridgehead atoms. The molecule has 0 amide bonds. The van der Waals surface area contributed by atoms with Crippen LogP contribution in [0.2, 0.25) is 0 Å². The summed E-state index contributed by atoms with van der Waals surface area (Å²) in [6.45, 7) is 2.97. The minimum absolute atomic E-state index is 0.0605. The summed E-state index contributed by atoms with van der Waals surface area (Å²) >= 11 is 0. The van der Waals surface area contributed by atoms with E-state index in [1.165, 1.54) is 13.8 Å². The van der Waals surface area contributed by atoms with E-state index in [0.29, 0.717) is 11.8 Å². The first-order valence-corrected chi connectivity index (χ1v) is 6.25. The molecule has 0 N–H and O–H groups in total. The van der Waals surface area contributed by atoms with E-state index in [1.54, 1.807) is 0 Å². The quantitative estimate of drug-likeness (QED) is 0.534. The highest BCUT2D eigenvalue weighted by molar-refractivity contribution is 6.13. The van der Waals surface area contributed by atoms with Crippen LogP contribution in [-0.4, -0.2) is 17.3 Å². The van der Waals surface area contributed by atoms with Gasteiger partial charge in [0.25, 0.3) is 0 Å². The van der Waals surface area contributed by atoms with Crippen molar-refractivity contribution in [2.24, 2.45) is 35.5 Å². The molecule has 3 rings (SSSR count). The molecular formula is C14H16O3. The van der Waals surface area contributed by atoms with E-state index >= 15 is 0 Å². The minimum atomic E-state index is -0.520. The molecule has 2 saturated carbocycles. The summed E-state index contributed by atoms with van der Waals surface area (Å²) in [5.74, 6) is -0.391. The first kappa shape index (κ1) is 10.9. The van der Waals surface area contributed by atoms with Gasteiger partial charge in [0.1, 0.15) is 11.6 Å². The fraction of sp³-hybridized carbons (Fsp3) is 0.643. The number of carbonyl (C=O) groups excluding carboxylic acids is 3. The number of allylic oxidation sites excluding steroid dienone is 2. The number of rotatable bonds is 2. The zero-order valence-corrected chi connectivity index (χ0v) is 10.1. The Morgan fingerprint density at radius 1 is 1.00 bits per heavy atom. The SMILES string of the molecule is CC(=O)[C@@H]1C(=O)[C@@H](C(C)=O)[C@H]2[C@@H]1[C@H]1C=C[C@H]2C1. The van der Waals surface area contributed by atoms with Crippen molar-refractivity contribution in [1.82, 2.24) is 0 Å². The molecule has 0 saturated heterocycles. The minimum Gasteiger partial charge on any atom is -0.299 e. The molecule has 0 aromatic heterocycles. The van der Waals surface area contributed by atoms with Crippen LogP contribution in [0.25, 0.3) is 0 Å². The summed E-state index contributed by atoms with van der Waals surface area (Å²) < 4.78 is 0. The third kappa shape index (κ3) is 1.25. The maximum absolute atomic E-state index is 12.3. The lowest BCUT2D eigenvalue weighted by molar-refractivity contribution is -0.135. The molecule has 2 fully saturated rings. The highest BCUT2D eigenvalue weighted by atomic mass is 16.2. The van der Waals surface area contributed by atoms with Crippen LogP contribution in [-0.2, 0) is 14.4 Å². The molecule has 0 radical (unpaired) electrons. The number of hydrogen-bond acceptors (Lipinski definition) is 3. The first-order valence-electron chi connectivity index (χ1n) is 6.25. The lowest BCUT2D eigenvalue weighted by Crippen LogP contribution is -2.28. The van der Waals surface area contributed by atoms with E-state index in [1.807, 2.05) is 0 Å². The van der Waals surface area contributed by atoms with E-state index in [9.17, 15) is 14.4 Å². The molecule has 90 valence electrons. The van der Waals surface area contributed by atoms with Gasteiger partial charge in [0.2, 0.25) is 0 Å². The summed E-state index contributed by atoms with van der Waals surface area (Å²) in [5.41, 5.74) is 0. The maximum atomic E-state index is 12.3. The van der Waals surface area contributed by atoms with Gasteiger partial charge < -0.3 is 0 Å². The molecule has 0 aliphatic heterocycles. The van der Waals surface area contributed by atoms with Crippen LogP contribution < -0.4 is 0 Å². The Kier molecular flexibility index (Phi) is 2.16. The molecule has 0 heterocycles. The number of fused-ring (bicyclic) bond motifs is 5. The lowest BCUT2D eigenvalue weighted by Gasteiger charge is -2.24. The van der Waals surface area contributed by atoms with Crippen molar-refractivity contribution < 1.29 is 14.4 Å². The second-order valence-electron chi connectivity index (χ2n) is 5.68. The zero-order chi connectivity index (χ0) is 12.3. The molecule has 0 unspecified atom stereocenters. The van der Waals surface area contributed by atoms with Gasteiger partial charge in [-0.05, 0) is 43.9 Å². The van der Waals surface area contributed by atoms with Gasteiger partial charge in [-0.25, -0.2) is 0 Å². The summed E-state index contributed by atoms with van der Waals surface area (Å²) in [7, 11) is 0. The van der Waals surface area contributed by atoms with Gasteiger partial charge in [-0.3, -0.25) is 14.4 Å². The molecule has 0 spiro atoms. The van der Waals surface area contributed by atoms with Gasteiger partial charge in [0.15, 0.2) is 5.78 Å². The predicted octanol–water partition coefficient (Wildman–Crippen LogP) is 1.42. The Morgan fingerprint density at radius 2 is 1.41 bits per heavy atom. The van der Waals surface area contributed by atoms with Crippen LogP contribution >= 0.6 is 0 Å². The van der Waals surface area contributed by atoms with E-state index < -0.39 is 11.8 Å². The molecule has 3 heteroatoms. The Morgan fingerprint density at radius 3 is 1.76 bits per heavy atom. The highest BCUT2D eigenvalue weighted by Crippen LogP contribution is 2.58. The molecule has 0 aromatic carbocycles. The largest absolute Gasteiger partial charge is 0.299 e. The van der Waals surface area contributed by atoms with Crippen molar-refractivity contribution >= 4 is 17.3 Å². The van der Waals surface area contributed by atoms with E-state index in [0.717, 1.165) is 6.42 Å². The second-order valence-corrected chi connectivity index (χ2v) is 5.68. The van der Waals surface area contributed by atoms with E-state index in [2.05, 4.69) is 12.2 Å². The molecule has 6 atom stereocenters. The van der Waals surface area contributed by atoms with Gasteiger partial charge in [-0.2, -0.15) is 0 Å². The molecule has 3 aliphatic rings. The second kappa shape index (κ2) is 3.37. The summed E-state index contributed by atoms with van der Waals surface area (Å²) in [4.78, 5) is 35.6. The highest BCUT2D eigenvalue weighted by Gasteiger charge is 2.62. The summed E-state index contributed by atoms with van der Waals surface area (Å²) in [5, 5.41) is 0. The normalized spacial score (nSPS) is 46.4. The molecule has 0 aromatic rings. The number of carbonyl (C=O) groups is 3. The van der Waals surface area contributed by atoms with Crippen molar-refractivity contribution in [2.75, 3.05) is 0 Å². The smallest absolute Gasteiger partial charge is 0.154 e. The van der Waals surface area contributed by atoms with Crippen LogP contribution in [0.1, 0.15) is 20.3 Å². The number of hydrogen-bond donors (Lipinski definition) is 0. The van der Waals surface area contributed by atoms with Gasteiger partial charge >= 0.3 is 0 Å². The topological polar surface area (TPSA) is 51.2 Å². The third-order valence-corrected chi connectivity index (χ3v) is 4.84. The Hall–Kier alpha value is -1.25. The van der Waals surface area contributed by atoms with E-state index in [-0.39, 0.29) is 29.2 Å². The predicted molar refractivity (Wildman–Crippen MR) is 61.1 cm³/mol. The van der Waals surface area contributed by atoms with Crippen LogP contribution in [0.5, 0.6) is 0 Å². The van der Waals surface area contributed by atoms with Crippen LogP contribution in [0.3, 0.4) is 0 Å². The van der Waals surface area contributed by atoms with Crippen LogP contribution in [0.4, 0.5) is 0 Å². The fourth-order valence-electron chi connectivity index (χ4n) is 4.35. The van der Waals surface area contributed by atoms with Crippen molar-refractivity contribution in [2.45, 2.75) is 20.3 Å². The van der Waals surface area contributed by atoms with Crippen molar-refractivity contribution in [3.63, 3.8) is 0 Å². The molecule has 3 nitrogen and oxygen atoms in total. The summed E-state index contributed by atoms with van der Waals surface area (Å²) in [6, 6.07) is 0. The lowest BCUT2D eigenvalue weighted by atomic mass is 9.78. The summed E-state index contributed by atoms with van der Waals surface area (Å²) in [6.07, 6.45) is 5.30. The third-order valence-electron chi connectivity index (χ3n) is 4.84. The Bertz CT molecular complexity index is 410. The molecule has 17 heavy (non-hydrogen) atoms. The standard InChI is InChI=1S/C14H16O3/c1-6(15)10-12-8-3-4-9(5-8)13(12)11(7(2)16)14(10)17/h3-4,8-13H,5H2,1-2H3/t8-,9-,10-,11-,12-,13+/m0/s1. The average Bonchev–Trinajstić information content (AvgIpc) is 2.84. The molecule has 3 aliphatic carbocycles. The first-order chi connectivity index (χ1) is 8.02. The molecular weight excluding hydrogens is 216 g/mol. The van der Waals surface area contributed by atoms with Gasteiger partial charge in [0.05, 0.1) is 11.8 Å². The zero-order valence-electron chi connectivity index (χ0n) is 10.1. The fourth-order valence-corrected chi connectivity index (χ4v) is 4.35. The van der Waals surface area contributed by atoms with Gasteiger partial charge in [0, 0.05) is 0 Å².